The Morgan fingerprint density at radius 3 is 2.06 bits per heavy atom. The molecule has 1 N–H and O–H groups in total. The van der Waals surface area contributed by atoms with Gasteiger partial charge in [-0.1, -0.05) is 60.7 Å². The summed E-state index contributed by atoms with van der Waals surface area (Å²) in [4.78, 5) is 15.8. The van der Waals surface area contributed by atoms with Crippen molar-refractivity contribution in [3.63, 3.8) is 0 Å². The molecule has 2 heterocycles. The van der Waals surface area contributed by atoms with Gasteiger partial charge in [-0.3, -0.25) is 9.69 Å². The zero-order valence-electron chi connectivity index (χ0n) is 18.7. The fourth-order valence-corrected chi connectivity index (χ4v) is 4.89. The minimum Gasteiger partial charge on any atom is -0.479 e. The van der Waals surface area contributed by atoms with Crippen molar-refractivity contribution in [2.75, 3.05) is 18.5 Å². The number of halogens is 2. The molecule has 3 aromatic rings. The summed E-state index contributed by atoms with van der Waals surface area (Å²) in [6.07, 6.45) is 0.751. The van der Waals surface area contributed by atoms with Crippen LogP contribution in [0.15, 0.2) is 72.8 Å². The van der Waals surface area contributed by atoms with Crippen molar-refractivity contribution in [1.82, 2.24) is 4.90 Å². The normalized spacial score (nSPS) is 19.3. The van der Waals surface area contributed by atoms with Crippen molar-refractivity contribution >= 4 is 11.6 Å². The van der Waals surface area contributed by atoms with Gasteiger partial charge in [0.1, 0.15) is 11.6 Å². The van der Waals surface area contributed by atoms with Crippen LogP contribution in [0.25, 0.3) is 0 Å². The second-order valence-corrected chi connectivity index (χ2v) is 8.79. The van der Waals surface area contributed by atoms with Gasteiger partial charge in [0.2, 0.25) is 11.7 Å². The van der Waals surface area contributed by atoms with Crippen molar-refractivity contribution in [1.29, 1.82) is 0 Å². The summed E-state index contributed by atoms with van der Waals surface area (Å²) in [5.41, 5.74) is 1.13. The average molecular weight is 465 g/mol. The lowest BCUT2D eigenvalue weighted by molar-refractivity contribution is -0.139. The minimum atomic E-state index is -1.10. The zero-order valence-corrected chi connectivity index (χ0v) is 18.7. The third kappa shape index (κ3) is 4.41. The van der Waals surface area contributed by atoms with Gasteiger partial charge >= 0.3 is 0 Å². The smallest absolute Gasteiger partial charge is 0.246 e. The Morgan fingerprint density at radius 1 is 0.882 bits per heavy atom. The Labute approximate surface area is 197 Å². The molecule has 1 unspecified atom stereocenters. The molecule has 1 spiro atoms. The first kappa shape index (κ1) is 22.5. The van der Waals surface area contributed by atoms with Crippen molar-refractivity contribution in [3.8, 4) is 5.75 Å². The fourth-order valence-electron chi connectivity index (χ4n) is 4.89. The summed E-state index contributed by atoms with van der Waals surface area (Å²) >= 11 is 0. The summed E-state index contributed by atoms with van der Waals surface area (Å²) < 4.78 is 40.9. The summed E-state index contributed by atoms with van der Waals surface area (Å²) in [7, 11) is 0. The van der Waals surface area contributed by atoms with Crippen molar-refractivity contribution < 1.29 is 23.0 Å². The van der Waals surface area contributed by atoms with Crippen LogP contribution in [0.3, 0.4) is 0 Å². The highest BCUT2D eigenvalue weighted by Gasteiger charge is 2.52. The maximum absolute atomic E-state index is 14.9. The number of carbonyl (C=O) groups excluding carboxylic acids is 1. The van der Waals surface area contributed by atoms with E-state index in [4.69, 9.17) is 9.47 Å². The van der Waals surface area contributed by atoms with Crippen LogP contribution in [0, 0.1) is 11.6 Å². The van der Waals surface area contributed by atoms with Crippen molar-refractivity contribution in [2.45, 2.75) is 37.6 Å². The van der Waals surface area contributed by atoms with Gasteiger partial charge in [-0.25, -0.2) is 4.39 Å². The number of fused-ring (bicyclic) bond motifs is 1. The maximum atomic E-state index is 14.9. The Morgan fingerprint density at radius 2 is 1.47 bits per heavy atom. The van der Waals surface area contributed by atoms with Gasteiger partial charge < -0.3 is 14.8 Å². The number of amides is 1. The highest BCUT2D eigenvalue weighted by molar-refractivity contribution is 5.98. The van der Waals surface area contributed by atoms with Crippen LogP contribution in [0.4, 0.5) is 14.5 Å². The van der Waals surface area contributed by atoms with E-state index >= 15 is 0 Å². The number of rotatable bonds is 5. The summed E-state index contributed by atoms with van der Waals surface area (Å²) in [5.74, 6) is -2.67. The van der Waals surface area contributed by atoms with Gasteiger partial charge in [-0.15, -0.1) is 0 Å². The molecule has 0 saturated carbocycles. The quantitative estimate of drug-likeness (QED) is 0.583. The van der Waals surface area contributed by atoms with Crippen LogP contribution in [-0.2, 0) is 22.6 Å². The highest BCUT2D eigenvalue weighted by Crippen LogP contribution is 2.42. The zero-order chi connectivity index (χ0) is 23.5. The first-order valence-electron chi connectivity index (χ1n) is 11.4. The predicted molar refractivity (Wildman–Crippen MR) is 124 cm³/mol. The first-order chi connectivity index (χ1) is 16.6. The van der Waals surface area contributed by atoms with Crippen molar-refractivity contribution in [3.05, 3.63) is 95.6 Å². The molecule has 5 nitrogen and oxygen atoms in total. The first-order valence-corrected chi connectivity index (χ1v) is 11.4. The van der Waals surface area contributed by atoms with Gasteiger partial charge in [0.25, 0.3) is 0 Å². The van der Waals surface area contributed by atoms with Gasteiger partial charge in [0, 0.05) is 25.9 Å². The molecule has 5 rings (SSSR count). The molecule has 3 aromatic carbocycles. The van der Waals surface area contributed by atoms with Gasteiger partial charge in [0.05, 0.1) is 18.9 Å². The fraction of sp³-hybridized carbons (Fsp3) is 0.296. The number of carbonyl (C=O) groups is 1. The van der Waals surface area contributed by atoms with E-state index in [1.54, 1.807) is 0 Å². The minimum absolute atomic E-state index is 0.136. The second-order valence-electron chi connectivity index (χ2n) is 8.79. The van der Waals surface area contributed by atoms with Gasteiger partial charge in [-0.2, -0.15) is 4.39 Å². The lowest BCUT2D eigenvalue weighted by Gasteiger charge is -2.45. The molecule has 1 fully saturated rings. The number of hydrogen-bond acceptors (Lipinski definition) is 4. The molecule has 1 saturated heterocycles. The molecular formula is C27H26F2N2O3. The molecular weight excluding hydrogens is 438 g/mol. The number of nitrogens with zero attached hydrogens (tertiary/aromatic N) is 1. The number of hydrogen-bond donors (Lipinski definition) is 1. The maximum Gasteiger partial charge on any atom is 0.246 e. The van der Waals surface area contributed by atoms with Gasteiger partial charge in [0.15, 0.2) is 11.6 Å². The summed E-state index contributed by atoms with van der Waals surface area (Å²) in [5, 5.41) is 2.81. The second kappa shape index (κ2) is 9.52. The van der Waals surface area contributed by atoms with Crippen LogP contribution in [0.2, 0.25) is 0 Å². The van der Waals surface area contributed by atoms with Crippen LogP contribution in [0.5, 0.6) is 5.75 Å². The summed E-state index contributed by atoms with van der Waals surface area (Å²) in [6.45, 7) is 1.68. The number of anilines is 1. The van der Waals surface area contributed by atoms with Crippen LogP contribution >= 0.6 is 0 Å². The molecule has 1 atom stereocenters. The number of nitrogens with one attached hydrogen (secondary N) is 1. The monoisotopic (exact) mass is 464 g/mol. The third-order valence-electron chi connectivity index (χ3n) is 6.52. The van der Waals surface area contributed by atoms with Gasteiger partial charge in [-0.05, 0) is 23.3 Å². The van der Waals surface area contributed by atoms with E-state index in [0.29, 0.717) is 39.1 Å². The lowest BCUT2D eigenvalue weighted by Crippen LogP contribution is -2.62. The third-order valence-corrected chi connectivity index (χ3v) is 6.52. The molecule has 7 heteroatoms. The number of benzene rings is 3. The van der Waals surface area contributed by atoms with Crippen LogP contribution in [-0.4, -0.2) is 35.7 Å². The highest BCUT2D eigenvalue weighted by atomic mass is 19.2. The Hall–Kier alpha value is -3.29. The molecule has 34 heavy (non-hydrogen) atoms. The van der Waals surface area contributed by atoms with Crippen LogP contribution < -0.4 is 10.1 Å². The van der Waals surface area contributed by atoms with E-state index in [2.05, 4.69) is 10.2 Å². The van der Waals surface area contributed by atoms with E-state index < -0.39 is 23.3 Å². The Bertz CT molecular complexity index is 1110. The topological polar surface area (TPSA) is 50.8 Å². The lowest BCUT2D eigenvalue weighted by atomic mass is 9.83. The molecule has 0 aliphatic carbocycles. The predicted octanol–water partition coefficient (Wildman–Crippen LogP) is 4.92. The largest absolute Gasteiger partial charge is 0.479 e. The molecule has 2 aliphatic rings. The Kier molecular flexibility index (Phi) is 6.30. The standard InChI is InChI=1S/C27H26F2N2O3/c28-21-11-12-22-24(23(21)29)34-27(13-15-33-16-14-27)25(26(32)30-22)31(17-19-7-3-1-4-8-19)18-20-9-5-2-6-10-20/h1-12,25H,13-18H2,(H,30,32). The molecule has 0 radical (unpaired) electrons. The van der Waals surface area contributed by atoms with E-state index in [0.717, 1.165) is 17.2 Å². The molecule has 2 aliphatic heterocycles. The van der Waals surface area contributed by atoms with E-state index in [9.17, 15) is 13.6 Å². The molecule has 0 bridgehead atoms. The van der Waals surface area contributed by atoms with Crippen LogP contribution in [0.1, 0.15) is 24.0 Å². The summed E-state index contributed by atoms with van der Waals surface area (Å²) in [6, 6.07) is 21.3. The Balaban J connectivity index is 1.60. The SMILES string of the molecule is O=C1Nc2ccc(F)c(F)c2OC2(CCOCC2)C1N(Cc1ccccc1)Cc1ccccc1. The van der Waals surface area contributed by atoms with E-state index in [1.165, 1.54) is 6.07 Å². The van der Waals surface area contributed by atoms with E-state index in [1.807, 2.05) is 60.7 Å². The molecule has 0 aromatic heterocycles. The average Bonchev–Trinajstić information content (AvgIpc) is 2.97. The molecule has 1 amide bonds. The molecule has 176 valence electrons. The van der Waals surface area contributed by atoms with E-state index in [-0.39, 0.29) is 17.3 Å². The van der Waals surface area contributed by atoms with Crippen molar-refractivity contribution in [2.24, 2.45) is 0 Å². The number of ether oxygens (including phenoxy) is 2.